The quantitative estimate of drug-likeness (QED) is 0.0338. The number of benzene rings is 2. The molecule has 0 aliphatic heterocycles. The number of ether oxygens (including phenoxy) is 9. The lowest BCUT2D eigenvalue weighted by molar-refractivity contribution is -0.245. The van der Waals surface area contributed by atoms with Crippen molar-refractivity contribution in [1.29, 1.82) is 0 Å². The maximum absolute atomic E-state index is 15.0. The molecular weight excluding hydrogens is 1320 g/mol. The largest absolute Gasteiger partial charge is 0.475 e. The molecule has 5 unspecified atom stereocenters. The van der Waals surface area contributed by atoms with Gasteiger partial charge in [-0.1, -0.05) is 60.7 Å². The van der Waals surface area contributed by atoms with Gasteiger partial charge in [0.1, 0.15) is 73.2 Å². The van der Waals surface area contributed by atoms with Crippen LogP contribution in [0.3, 0.4) is 0 Å². The predicted octanol–water partition coefficient (Wildman–Crippen LogP) is 2.00. The molecule has 0 heterocycles. The lowest BCUT2D eigenvalue weighted by atomic mass is 9.84. The first-order chi connectivity index (χ1) is 40.2. The molecule has 2 fully saturated rings. The van der Waals surface area contributed by atoms with Crippen LogP contribution in [-0.2, 0) is 138 Å². The molecule has 0 amide bonds. The second-order valence-corrected chi connectivity index (χ2v) is 25.4. The lowest BCUT2D eigenvalue weighted by Crippen LogP contribution is -2.67. The fraction of sp³-hybridized carbons (Fsp3) is 0.707. The Balaban J connectivity index is 1.75. The average molecular weight is 1390 g/mol. The highest BCUT2D eigenvalue weighted by Crippen LogP contribution is 2.57. The molecule has 2 aliphatic carbocycles. The maximum atomic E-state index is 15.0. The van der Waals surface area contributed by atoms with Crippen LogP contribution in [-0.4, -0.2) is 210 Å². The Hall–Kier alpha value is -0.840. The van der Waals surface area contributed by atoms with Crippen LogP contribution in [0.15, 0.2) is 60.7 Å². The van der Waals surface area contributed by atoms with Crippen LogP contribution in [0.2, 0.25) is 0 Å². The zero-order valence-electron chi connectivity index (χ0n) is 45.4. The van der Waals surface area contributed by atoms with Crippen molar-refractivity contribution in [3.8, 4) is 0 Å². The van der Waals surface area contributed by atoms with Crippen LogP contribution >= 0.6 is 64.7 Å². The van der Waals surface area contributed by atoms with Crippen molar-refractivity contribution in [3.05, 3.63) is 71.8 Å². The summed E-state index contributed by atoms with van der Waals surface area (Å²) in [7, 11) is -35.1. The fourth-order valence-corrected chi connectivity index (χ4v) is 13.3. The van der Waals surface area contributed by atoms with E-state index < -0.39 is 177 Å². The third kappa shape index (κ3) is 28.7. The normalized spacial score (nSPS) is 27.2. The van der Waals surface area contributed by atoms with Crippen LogP contribution in [0.4, 0.5) is 0 Å². The first-order valence-corrected chi connectivity index (χ1v) is 35.9. The van der Waals surface area contributed by atoms with Crippen LogP contribution < -0.4 is 0 Å². The van der Waals surface area contributed by atoms with E-state index in [9.17, 15) is 80.6 Å². The molecule has 2 aromatic carbocycles. The van der Waals surface area contributed by atoms with E-state index in [1.54, 1.807) is 36.4 Å². The summed E-state index contributed by atoms with van der Waals surface area (Å²) in [4.78, 5) is 91.2. The van der Waals surface area contributed by atoms with Crippen LogP contribution in [0.25, 0.3) is 0 Å². The minimum atomic E-state index is -5.96. The van der Waals surface area contributed by atoms with Gasteiger partial charge in [-0.05, 0) is 18.1 Å². The van der Waals surface area contributed by atoms with Gasteiger partial charge < -0.3 is 109 Å². The van der Waals surface area contributed by atoms with Crippen molar-refractivity contribution >= 4 is 64.7 Å². The Kier molecular flexibility index (Phi) is 35.6. The van der Waals surface area contributed by atoms with E-state index in [0.29, 0.717) is 11.1 Å². The van der Waals surface area contributed by atoms with E-state index in [2.05, 4.69) is 0 Å². The zero-order chi connectivity index (χ0) is 62.7. The highest BCUT2D eigenvalue weighted by molar-refractivity contribution is 7.48. The summed E-state index contributed by atoms with van der Waals surface area (Å²) in [5.74, 6) is 0. The van der Waals surface area contributed by atoms with E-state index in [0.717, 1.165) is 0 Å². The molecule has 85 heavy (non-hydrogen) atoms. The number of hydrogen-bond acceptors (Lipinski definition) is 27. The fourth-order valence-electron chi connectivity index (χ4n) is 8.34. The molecule has 0 saturated heterocycles. The van der Waals surface area contributed by atoms with Crippen molar-refractivity contribution in [2.24, 2.45) is 0 Å². The first-order valence-electron chi connectivity index (χ1n) is 25.1. The Bertz CT molecular complexity index is 2410. The smallest absolute Gasteiger partial charge is 0.382 e. The second kappa shape index (κ2) is 39.5. The molecule has 9 N–H and O–H groups in total. The van der Waals surface area contributed by atoms with E-state index in [4.69, 9.17) is 87.9 Å². The zero-order valence-corrected chi connectivity index (χ0v) is 53.0. The summed E-state index contributed by atoms with van der Waals surface area (Å²) >= 11 is 0. The van der Waals surface area contributed by atoms with Crippen molar-refractivity contribution < 1.29 is 168 Å². The number of phosphoric ester groups is 3. The van der Waals surface area contributed by atoms with E-state index >= 15 is 0 Å². The van der Waals surface area contributed by atoms with E-state index in [1.807, 2.05) is 0 Å². The Labute approximate surface area is 489 Å². The molecule has 2 saturated carbocycles. The van der Waals surface area contributed by atoms with Crippen LogP contribution in [0.1, 0.15) is 18.1 Å². The van der Waals surface area contributed by atoms with Gasteiger partial charge in [-0.2, -0.15) is 0 Å². The summed E-state index contributed by atoms with van der Waals surface area (Å²) in [6.45, 7) is -2.36. The third-order valence-electron chi connectivity index (χ3n) is 11.6. The lowest BCUT2D eigenvalue weighted by Gasteiger charge is -2.48. The molecule has 0 aromatic heterocycles. The summed E-state index contributed by atoms with van der Waals surface area (Å²) in [6.07, 6.45) is -27.3. The first kappa shape index (κ1) is 76.6. The molecule has 492 valence electrons. The van der Waals surface area contributed by atoms with Crippen molar-refractivity contribution in [2.45, 2.75) is 99.5 Å². The van der Waals surface area contributed by atoms with Crippen LogP contribution in [0, 0.1) is 0 Å². The standard InChI is InChI=1S/C41H72O36P8/c1-27(63-22-23-66-32-35(71-79(44)45)30(64-20-18-61-16-14-59-2)34(70-78(42)43)31(36(32)72-80(46)47)65-21-19-62-17-15-60-3)24-67-33-39(77-85(58,68-25-28-10-6-4-7-11-28)69-26-29-12-8-5-9-13-29)37(73-81(48)49)38(74-82(50)51)41(76-84(55,56)57)40(33)75-83(52,53)54/h4-13,27,30-41,78-82H,14-26H2,1-3H3,(H,42,43)(H,44,45)(H,46,47)(H,48,49)(H,50,51)(H2,52,53,54)(H2,55,56,57)/t27-,30-,31+,32+,33-,34-,35+,36-,37+,38+,39+,40-,41-/m0/s1. The van der Waals surface area contributed by atoms with Crippen molar-refractivity contribution in [3.63, 3.8) is 0 Å². The Morgan fingerprint density at radius 1 is 0.412 bits per heavy atom. The van der Waals surface area contributed by atoms with Gasteiger partial charge >= 0.3 is 64.7 Å². The molecule has 36 nitrogen and oxygen atoms in total. The van der Waals surface area contributed by atoms with Crippen LogP contribution in [0.5, 0.6) is 0 Å². The molecule has 0 radical (unpaired) electrons. The van der Waals surface area contributed by atoms with Crippen molar-refractivity contribution in [2.75, 3.05) is 86.9 Å². The minimum Gasteiger partial charge on any atom is -0.382 e. The molecular formula is C41H72O36P8. The second-order valence-electron chi connectivity index (χ2n) is 17.6. The number of hydrogen-bond donors (Lipinski definition) is 9. The molecule has 0 bridgehead atoms. The molecule has 44 heteroatoms. The van der Waals surface area contributed by atoms with Gasteiger partial charge in [0.05, 0.1) is 92.0 Å². The summed E-state index contributed by atoms with van der Waals surface area (Å²) < 4.78 is 207. The van der Waals surface area contributed by atoms with E-state index in [1.165, 1.54) is 45.4 Å². The molecule has 2 aromatic rings. The Morgan fingerprint density at radius 3 is 1.06 bits per heavy atom. The van der Waals surface area contributed by atoms with Gasteiger partial charge in [0, 0.05) is 14.2 Å². The molecule has 0 spiro atoms. The number of methoxy groups -OCH3 is 2. The van der Waals surface area contributed by atoms with Gasteiger partial charge in [0.25, 0.3) is 0 Å². The Morgan fingerprint density at radius 2 is 0.718 bits per heavy atom. The monoisotopic (exact) mass is 1390 g/mol. The average Bonchev–Trinajstić information content (AvgIpc) is 1.57. The summed E-state index contributed by atoms with van der Waals surface area (Å²) in [6, 6.07) is 15.7. The summed E-state index contributed by atoms with van der Waals surface area (Å²) in [5.41, 5.74) is 0.711. The summed E-state index contributed by atoms with van der Waals surface area (Å²) in [5, 5.41) is 0. The SMILES string of the molecule is COCCOCCO[C@@H]1[C@@H](O[PH](=O)O)[C@H](OCCOCCOC)[C@@H](O[PH](=O)O)[C@@H](OCCO[C@@H](C)CO[C@@H]2[C@H](OP(=O)(O)O)[C@@H](OP(=O)(O)O)[C@H](O[PH](=O)O)[C@@H](O[PH](=O)O)[C@@H]2OP(=O)(OCc2ccccc2)OCc2ccccc2)[C@H]1O[PH](=O)O. The van der Waals surface area contributed by atoms with Crippen molar-refractivity contribution in [1.82, 2.24) is 0 Å². The number of rotatable bonds is 44. The van der Waals surface area contributed by atoms with Gasteiger partial charge in [-0.3, -0.25) is 45.4 Å². The van der Waals surface area contributed by atoms with Gasteiger partial charge in [0.15, 0.2) is 0 Å². The minimum absolute atomic E-state index is 0.0912. The third-order valence-corrected chi connectivity index (χ3v) is 16.4. The van der Waals surface area contributed by atoms with Gasteiger partial charge in [0.2, 0.25) is 0 Å². The highest BCUT2D eigenvalue weighted by Gasteiger charge is 2.61. The van der Waals surface area contributed by atoms with Gasteiger partial charge in [-0.15, -0.1) is 0 Å². The number of phosphoric acid groups is 3. The van der Waals surface area contributed by atoms with Gasteiger partial charge in [-0.25, -0.2) is 13.7 Å². The molecule has 4 rings (SSSR count). The highest BCUT2D eigenvalue weighted by atomic mass is 31.2. The van der Waals surface area contributed by atoms with E-state index in [-0.39, 0.29) is 52.9 Å². The molecule has 18 atom stereocenters. The predicted molar refractivity (Wildman–Crippen MR) is 289 cm³/mol. The topological polar surface area (TPSA) is 494 Å². The molecule has 2 aliphatic rings. The maximum Gasteiger partial charge on any atom is 0.475 e.